The van der Waals surface area contributed by atoms with Gasteiger partial charge in [-0.2, -0.15) is 4.31 Å². The second-order valence-electron chi connectivity index (χ2n) is 6.17. The molecule has 1 aromatic carbocycles. The molecule has 0 aliphatic carbocycles. The van der Waals surface area contributed by atoms with Crippen LogP contribution in [0.2, 0.25) is 0 Å². The molecule has 0 atom stereocenters. The average Bonchev–Trinajstić information content (AvgIpc) is 2.61. The number of aryl methyl sites for hydroxylation is 1. The van der Waals surface area contributed by atoms with E-state index in [1.165, 1.54) is 4.31 Å². The Hall–Kier alpha value is -1.97. The van der Waals surface area contributed by atoms with E-state index in [4.69, 9.17) is 9.84 Å². The summed E-state index contributed by atoms with van der Waals surface area (Å²) in [5, 5.41) is 8.51. The van der Waals surface area contributed by atoms with Crippen LogP contribution in [0.4, 0.5) is 0 Å². The van der Waals surface area contributed by atoms with Crippen LogP contribution in [0.3, 0.4) is 0 Å². The molecule has 0 saturated carbocycles. The zero-order valence-electron chi connectivity index (χ0n) is 14.8. The molecule has 1 aliphatic rings. The van der Waals surface area contributed by atoms with Crippen LogP contribution in [-0.2, 0) is 24.3 Å². The standard InChI is InChI=1S/C17H24N2O6S/c1-14-2-4-15(5-3-14)26(23,24)19-10-8-18(9-11-19)12-13-25-17(22)7-6-16(20)21/h2-5H,6-13H2,1H3,(H,20,21). The van der Waals surface area contributed by atoms with Crippen LogP contribution in [0.15, 0.2) is 29.2 Å². The first-order valence-corrected chi connectivity index (χ1v) is 9.89. The molecule has 0 unspecified atom stereocenters. The topological polar surface area (TPSA) is 104 Å². The smallest absolute Gasteiger partial charge is 0.306 e. The van der Waals surface area contributed by atoms with Crippen LogP contribution in [0, 0.1) is 6.92 Å². The number of carboxylic acid groups (broad SMARTS) is 1. The SMILES string of the molecule is Cc1ccc(S(=O)(=O)N2CCN(CCOC(=O)CCC(=O)O)CC2)cc1. The Balaban J connectivity index is 1.75. The fraction of sp³-hybridized carbons (Fsp3) is 0.529. The minimum absolute atomic E-state index is 0.141. The quantitative estimate of drug-likeness (QED) is 0.658. The fourth-order valence-electron chi connectivity index (χ4n) is 2.62. The number of sulfonamides is 1. The van der Waals surface area contributed by atoms with Gasteiger partial charge in [-0.3, -0.25) is 14.5 Å². The van der Waals surface area contributed by atoms with Crippen molar-refractivity contribution in [2.45, 2.75) is 24.7 Å². The molecule has 26 heavy (non-hydrogen) atoms. The molecule has 0 spiro atoms. The van der Waals surface area contributed by atoms with Gasteiger partial charge in [0.25, 0.3) is 0 Å². The van der Waals surface area contributed by atoms with Crippen molar-refractivity contribution in [1.29, 1.82) is 0 Å². The van der Waals surface area contributed by atoms with Gasteiger partial charge >= 0.3 is 11.9 Å². The molecule has 1 heterocycles. The predicted molar refractivity (Wildman–Crippen MR) is 94.2 cm³/mol. The molecule has 1 saturated heterocycles. The molecule has 144 valence electrons. The van der Waals surface area contributed by atoms with Crippen molar-refractivity contribution in [2.24, 2.45) is 0 Å². The van der Waals surface area contributed by atoms with Gasteiger partial charge in [-0.25, -0.2) is 8.42 Å². The summed E-state index contributed by atoms with van der Waals surface area (Å²) in [5.74, 6) is -1.57. The monoisotopic (exact) mass is 384 g/mol. The lowest BCUT2D eigenvalue weighted by molar-refractivity contribution is -0.148. The van der Waals surface area contributed by atoms with Gasteiger partial charge in [-0.15, -0.1) is 0 Å². The van der Waals surface area contributed by atoms with Gasteiger partial charge in [0.2, 0.25) is 10.0 Å². The number of ether oxygens (including phenoxy) is 1. The first-order chi connectivity index (χ1) is 12.3. The van der Waals surface area contributed by atoms with Crippen molar-refractivity contribution in [3.05, 3.63) is 29.8 Å². The highest BCUT2D eigenvalue weighted by molar-refractivity contribution is 7.89. The zero-order valence-corrected chi connectivity index (χ0v) is 15.6. The predicted octanol–water partition coefficient (Wildman–Crippen LogP) is 0.709. The Morgan fingerprint density at radius 3 is 2.27 bits per heavy atom. The summed E-state index contributed by atoms with van der Waals surface area (Å²) in [6, 6.07) is 6.80. The van der Waals surface area contributed by atoms with Gasteiger partial charge in [0, 0.05) is 32.7 Å². The third-order valence-corrected chi connectivity index (χ3v) is 6.12. The highest BCUT2D eigenvalue weighted by Crippen LogP contribution is 2.18. The summed E-state index contributed by atoms with van der Waals surface area (Å²) >= 11 is 0. The van der Waals surface area contributed by atoms with Crippen molar-refractivity contribution >= 4 is 22.0 Å². The van der Waals surface area contributed by atoms with Crippen LogP contribution >= 0.6 is 0 Å². The second kappa shape index (κ2) is 9.11. The Morgan fingerprint density at radius 1 is 1.08 bits per heavy atom. The van der Waals surface area contributed by atoms with Crippen molar-refractivity contribution < 1.29 is 27.9 Å². The van der Waals surface area contributed by atoms with Crippen LogP contribution in [0.25, 0.3) is 0 Å². The molecule has 9 heteroatoms. The molecule has 0 radical (unpaired) electrons. The van der Waals surface area contributed by atoms with Gasteiger partial charge in [0.05, 0.1) is 17.7 Å². The van der Waals surface area contributed by atoms with Gasteiger partial charge < -0.3 is 9.84 Å². The van der Waals surface area contributed by atoms with Crippen molar-refractivity contribution in [1.82, 2.24) is 9.21 Å². The number of aliphatic carboxylic acids is 1. The lowest BCUT2D eigenvalue weighted by Gasteiger charge is -2.33. The van der Waals surface area contributed by atoms with Crippen LogP contribution in [-0.4, -0.2) is 74.0 Å². The highest BCUT2D eigenvalue weighted by atomic mass is 32.2. The fourth-order valence-corrected chi connectivity index (χ4v) is 4.04. The van der Waals surface area contributed by atoms with E-state index in [1.54, 1.807) is 24.3 Å². The lowest BCUT2D eigenvalue weighted by atomic mass is 10.2. The minimum Gasteiger partial charge on any atom is -0.481 e. The Kier molecular flexibility index (Phi) is 7.13. The second-order valence-corrected chi connectivity index (χ2v) is 8.11. The van der Waals surface area contributed by atoms with E-state index in [0.29, 0.717) is 37.6 Å². The van der Waals surface area contributed by atoms with Crippen molar-refractivity contribution in [3.63, 3.8) is 0 Å². The number of esters is 1. The molecule has 0 bridgehead atoms. The van der Waals surface area contributed by atoms with E-state index in [0.717, 1.165) is 5.56 Å². The largest absolute Gasteiger partial charge is 0.481 e. The Morgan fingerprint density at radius 2 is 1.69 bits per heavy atom. The number of benzene rings is 1. The number of nitrogens with zero attached hydrogens (tertiary/aromatic N) is 2. The third-order valence-electron chi connectivity index (χ3n) is 4.20. The van der Waals surface area contributed by atoms with Crippen LogP contribution in [0.1, 0.15) is 18.4 Å². The number of carbonyl (C=O) groups excluding carboxylic acids is 1. The minimum atomic E-state index is -3.49. The van der Waals surface area contributed by atoms with Crippen LogP contribution < -0.4 is 0 Å². The lowest BCUT2D eigenvalue weighted by Crippen LogP contribution is -2.49. The summed E-state index contributed by atoms with van der Waals surface area (Å²) in [4.78, 5) is 24.1. The number of carboxylic acids is 1. The summed E-state index contributed by atoms with van der Waals surface area (Å²) in [6.45, 7) is 4.44. The first kappa shape index (κ1) is 20.3. The molecule has 2 rings (SSSR count). The summed E-state index contributed by atoms with van der Waals surface area (Å²) in [5.41, 5.74) is 1.01. The number of piperazine rings is 1. The van der Waals surface area contributed by atoms with Gasteiger partial charge in [-0.05, 0) is 19.1 Å². The van der Waals surface area contributed by atoms with E-state index in [-0.39, 0.29) is 19.4 Å². The van der Waals surface area contributed by atoms with Crippen LogP contribution in [0.5, 0.6) is 0 Å². The van der Waals surface area contributed by atoms with E-state index < -0.39 is 22.0 Å². The normalized spacial score (nSPS) is 16.3. The summed E-state index contributed by atoms with van der Waals surface area (Å²) in [7, 11) is -3.49. The third kappa shape index (κ3) is 5.79. The van der Waals surface area contributed by atoms with E-state index in [1.807, 2.05) is 11.8 Å². The Labute approximate surface area is 153 Å². The molecule has 1 aliphatic heterocycles. The summed E-state index contributed by atoms with van der Waals surface area (Å²) < 4.78 is 31.7. The van der Waals surface area contributed by atoms with Crippen molar-refractivity contribution in [2.75, 3.05) is 39.3 Å². The molecule has 1 N–H and O–H groups in total. The molecular formula is C17H24N2O6S. The molecule has 0 amide bonds. The molecule has 1 fully saturated rings. The first-order valence-electron chi connectivity index (χ1n) is 8.45. The average molecular weight is 384 g/mol. The number of carbonyl (C=O) groups is 2. The number of hydrogen-bond donors (Lipinski definition) is 1. The van der Waals surface area contributed by atoms with E-state index in [2.05, 4.69) is 0 Å². The maximum atomic E-state index is 12.6. The van der Waals surface area contributed by atoms with E-state index in [9.17, 15) is 18.0 Å². The Bertz CT molecular complexity index is 724. The van der Waals surface area contributed by atoms with Crippen molar-refractivity contribution in [3.8, 4) is 0 Å². The van der Waals surface area contributed by atoms with E-state index >= 15 is 0 Å². The molecule has 8 nitrogen and oxygen atoms in total. The van der Waals surface area contributed by atoms with Gasteiger partial charge in [0.15, 0.2) is 0 Å². The van der Waals surface area contributed by atoms with Gasteiger partial charge in [-0.1, -0.05) is 17.7 Å². The summed E-state index contributed by atoms with van der Waals surface area (Å²) in [6.07, 6.45) is -0.383. The highest BCUT2D eigenvalue weighted by Gasteiger charge is 2.28. The molecular weight excluding hydrogens is 360 g/mol. The maximum absolute atomic E-state index is 12.6. The number of rotatable bonds is 8. The molecule has 0 aromatic heterocycles. The molecule has 1 aromatic rings. The van der Waals surface area contributed by atoms with Gasteiger partial charge in [0.1, 0.15) is 6.61 Å². The zero-order chi connectivity index (χ0) is 19.2. The maximum Gasteiger partial charge on any atom is 0.306 e. The number of hydrogen-bond acceptors (Lipinski definition) is 6.